The van der Waals surface area contributed by atoms with Crippen molar-refractivity contribution in [3.63, 3.8) is 0 Å². The van der Waals surface area contributed by atoms with Crippen LogP contribution in [0.5, 0.6) is 0 Å². The van der Waals surface area contributed by atoms with Gasteiger partial charge in [-0.25, -0.2) is 4.98 Å². The van der Waals surface area contributed by atoms with Crippen molar-refractivity contribution in [3.8, 4) is 0 Å². The Morgan fingerprint density at radius 2 is 1.70 bits per heavy atom. The molecule has 0 atom stereocenters. The number of rotatable bonds is 8. The normalized spacial score (nSPS) is 18.5. The number of nitrogens with zero attached hydrogens (tertiary/aromatic N) is 3. The first-order chi connectivity index (χ1) is 15.7. The van der Waals surface area contributed by atoms with Gasteiger partial charge in [0.05, 0.1) is 0 Å². The second-order valence-corrected chi connectivity index (χ2v) is 8.49. The Balaban J connectivity index is 1.56. The number of carbonyl (C=O) groups is 1. The van der Waals surface area contributed by atoms with Crippen LogP contribution in [-0.2, 0) is 6.18 Å². The molecular weight excluding hydrogens is 433 g/mol. The Morgan fingerprint density at radius 1 is 1.06 bits per heavy atom. The monoisotopic (exact) mass is 464 g/mol. The van der Waals surface area contributed by atoms with Gasteiger partial charge < -0.3 is 20.9 Å². The molecule has 0 radical (unpaired) electrons. The lowest BCUT2D eigenvalue weighted by Gasteiger charge is -2.30. The third-order valence-electron chi connectivity index (χ3n) is 5.61. The van der Waals surface area contributed by atoms with Crippen LogP contribution in [0.25, 0.3) is 0 Å². The molecule has 3 rings (SSSR count). The maximum Gasteiger partial charge on any atom is 0.433 e. The molecule has 0 bridgehead atoms. The summed E-state index contributed by atoms with van der Waals surface area (Å²) < 4.78 is 39.7. The zero-order chi connectivity index (χ0) is 24.0. The number of hydrogen-bond donors (Lipinski definition) is 3. The van der Waals surface area contributed by atoms with Crippen molar-refractivity contribution in [3.05, 3.63) is 41.6 Å². The number of halogens is 3. The Labute approximate surface area is 192 Å². The number of anilines is 3. The van der Waals surface area contributed by atoms with Crippen LogP contribution in [0.1, 0.15) is 55.1 Å². The first kappa shape index (κ1) is 24.6. The Hall–Kier alpha value is -3.04. The van der Waals surface area contributed by atoms with Crippen LogP contribution in [0.4, 0.5) is 30.6 Å². The van der Waals surface area contributed by atoms with Gasteiger partial charge in [-0.1, -0.05) is 6.92 Å². The molecule has 180 valence electrons. The van der Waals surface area contributed by atoms with Crippen LogP contribution in [-0.4, -0.2) is 48.6 Å². The van der Waals surface area contributed by atoms with Crippen LogP contribution in [0.2, 0.25) is 0 Å². The highest BCUT2D eigenvalue weighted by Crippen LogP contribution is 2.30. The van der Waals surface area contributed by atoms with Crippen LogP contribution < -0.4 is 20.9 Å². The van der Waals surface area contributed by atoms with Gasteiger partial charge >= 0.3 is 6.18 Å². The van der Waals surface area contributed by atoms with Gasteiger partial charge in [-0.15, -0.1) is 0 Å². The molecule has 1 aromatic heterocycles. The molecule has 1 fully saturated rings. The molecule has 1 saturated carbocycles. The van der Waals surface area contributed by atoms with Crippen molar-refractivity contribution in [2.24, 2.45) is 0 Å². The molecule has 1 amide bonds. The van der Waals surface area contributed by atoms with Gasteiger partial charge in [0.25, 0.3) is 5.91 Å². The number of carbonyl (C=O) groups excluding carboxylic acids is 1. The summed E-state index contributed by atoms with van der Waals surface area (Å²) in [4.78, 5) is 22.3. The van der Waals surface area contributed by atoms with E-state index < -0.39 is 11.9 Å². The summed E-state index contributed by atoms with van der Waals surface area (Å²) in [7, 11) is 3.88. The number of amides is 1. The van der Waals surface area contributed by atoms with E-state index in [1.165, 1.54) is 0 Å². The number of hydrogen-bond acceptors (Lipinski definition) is 6. The summed E-state index contributed by atoms with van der Waals surface area (Å²) in [5, 5.41) is 9.01. The lowest BCUT2D eigenvalue weighted by molar-refractivity contribution is -0.141. The molecule has 33 heavy (non-hydrogen) atoms. The van der Waals surface area contributed by atoms with E-state index in [1.807, 2.05) is 38.1 Å². The zero-order valence-electron chi connectivity index (χ0n) is 19.2. The average Bonchev–Trinajstić information content (AvgIpc) is 2.78. The molecule has 1 aliphatic carbocycles. The number of nitrogens with one attached hydrogen (secondary N) is 3. The number of alkyl halides is 3. The van der Waals surface area contributed by atoms with Gasteiger partial charge in [-0.05, 0) is 56.4 Å². The summed E-state index contributed by atoms with van der Waals surface area (Å²) in [5.74, 6) is 0.00813. The van der Waals surface area contributed by atoms with Crippen molar-refractivity contribution in [1.82, 2.24) is 15.3 Å². The predicted molar refractivity (Wildman–Crippen MR) is 124 cm³/mol. The molecule has 1 aromatic carbocycles. The molecule has 7 nitrogen and oxygen atoms in total. The van der Waals surface area contributed by atoms with E-state index in [9.17, 15) is 18.0 Å². The third-order valence-corrected chi connectivity index (χ3v) is 5.61. The molecule has 10 heteroatoms. The minimum Gasteiger partial charge on any atom is -0.378 e. The maximum absolute atomic E-state index is 13.2. The number of aromatic nitrogens is 2. The summed E-state index contributed by atoms with van der Waals surface area (Å²) in [6, 6.07) is 8.36. The van der Waals surface area contributed by atoms with Crippen molar-refractivity contribution < 1.29 is 18.0 Å². The van der Waals surface area contributed by atoms with Gasteiger partial charge in [0, 0.05) is 50.0 Å². The standard InChI is InChI=1S/C23H31F3N6O/c1-4-13-27-22-30-19(23(24,25)26)14-20(31-22)28-16-7-9-17(10-8-16)29-21(33)15-5-11-18(12-6-15)32(2)3/h5-6,11-12,14,16-17H,4,7-10,13H2,1-3H3,(H,29,33)(H2,27,28,30,31). The zero-order valence-corrected chi connectivity index (χ0v) is 19.2. The topological polar surface area (TPSA) is 82.2 Å². The van der Waals surface area contributed by atoms with E-state index in [0.29, 0.717) is 24.9 Å². The van der Waals surface area contributed by atoms with Crippen LogP contribution in [0.15, 0.2) is 30.3 Å². The predicted octanol–water partition coefficient (Wildman–Crippen LogP) is 4.54. The minimum absolute atomic E-state index is 0.0208. The fourth-order valence-electron chi connectivity index (χ4n) is 3.75. The van der Waals surface area contributed by atoms with Crippen LogP contribution in [0.3, 0.4) is 0 Å². The highest BCUT2D eigenvalue weighted by atomic mass is 19.4. The maximum atomic E-state index is 13.2. The van der Waals surface area contributed by atoms with Gasteiger partial charge in [-0.3, -0.25) is 4.79 Å². The molecule has 0 spiro atoms. The lowest BCUT2D eigenvalue weighted by atomic mass is 9.91. The van der Waals surface area contributed by atoms with Crippen molar-refractivity contribution in [1.29, 1.82) is 0 Å². The van der Waals surface area contributed by atoms with Gasteiger partial charge in [0.15, 0.2) is 5.69 Å². The molecule has 0 aliphatic heterocycles. The summed E-state index contributed by atoms with van der Waals surface area (Å²) >= 11 is 0. The largest absolute Gasteiger partial charge is 0.433 e. The second kappa shape index (κ2) is 10.7. The van der Waals surface area contributed by atoms with Gasteiger partial charge in [-0.2, -0.15) is 18.2 Å². The summed E-state index contributed by atoms with van der Waals surface area (Å²) in [5.41, 5.74) is 0.651. The van der Waals surface area contributed by atoms with Crippen LogP contribution >= 0.6 is 0 Å². The van der Waals surface area contributed by atoms with E-state index in [-0.39, 0.29) is 29.8 Å². The number of benzene rings is 1. The Morgan fingerprint density at radius 3 is 2.27 bits per heavy atom. The Kier molecular flexibility index (Phi) is 7.99. The van der Waals surface area contributed by atoms with Gasteiger partial charge in [0.2, 0.25) is 5.95 Å². The molecule has 1 aliphatic rings. The third kappa shape index (κ3) is 6.97. The quantitative estimate of drug-likeness (QED) is 0.532. The van der Waals surface area contributed by atoms with Crippen molar-refractivity contribution in [2.45, 2.75) is 57.3 Å². The van der Waals surface area contributed by atoms with E-state index in [4.69, 9.17) is 0 Å². The van der Waals surface area contributed by atoms with E-state index in [1.54, 1.807) is 12.1 Å². The van der Waals surface area contributed by atoms with E-state index in [0.717, 1.165) is 31.0 Å². The molecule has 2 aromatic rings. The average molecular weight is 465 g/mol. The van der Waals surface area contributed by atoms with E-state index >= 15 is 0 Å². The summed E-state index contributed by atoms with van der Waals surface area (Å²) in [6.07, 6.45) is -0.900. The Bertz CT molecular complexity index is 925. The first-order valence-corrected chi connectivity index (χ1v) is 11.2. The summed E-state index contributed by atoms with van der Waals surface area (Å²) in [6.45, 7) is 2.40. The lowest BCUT2D eigenvalue weighted by Crippen LogP contribution is -2.40. The second-order valence-electron chi connectivity index (χ2n) is 8.49. The molecule has 1 heterocycles. The molecule has 0 saturated heterocycles. The van der Waals surface area contributed by atoms with Gasteiger partial charge in [0.1, 0.15) is 5.82 Å². The highest BCUT2D eigenvalue weighted by molar-refractivity contribution is 5.94. The smallest absolute Gasteiger partial charge is 0.378 e. The van der Waals surface area contributed by atoms with Crippen molar-refractivity contribution in [2.75, 3.05) is 36.2 Å². The SMILES string of the molecule is CCCNc1nc(NC2CCC(NC(=O)c3ccc(N(C)C)cc3)CC2)cc(C(F)(F)F)n1. The fraction of sp³-hybridized carbons (Fsp3) is 0.522. The highest BCUT2D eigenvalue weighted by Gasteiger charge is 2.34. The van der Waals surface area contributed by atoms with Crippen molar-refractivity contribution >= 4 is 23.4 Å². The minimum atomic E-state index is -4.55. The van der Waals surface area contributed by atoms with E-state index in [2.05, 4.69) is 25.9 Å². The molecule has 3 N–H and O–H groups in total. The molecular formula is C23H31F3N6O. The first-order valence-electron chi connectivity index (χ1n) is 11.2. The van der Waals surface area contributed by atoms with Crippen LogP contribution in [0, 0.1) is 0 Å². The fourth-order valence-corrected chi connectivity index (χ4v) is 3.75. The molecule has 0 unspecified atom stereocenters.